The standard InChI is InChI=1S/C16H20N2O5/c1-9-4-6-13(22-3)12(8-9)18-15(20)10(2)23-16(21)11-5-7-14(19)17-11/h4,6,8,10-11H,5,7H2,1-3H3,(H,17,19)(H,18,20)/t10-,11+/m1/s1. The number of esters is 1. The second kappa shape index (κ2) is 7.13. The molecule has 0 bridgehead atoms. The van der Waals surface area contributed by atoms with E-state index in [-0.39, 0.29) is 5.91 Å². The third-order valence-electron chi connectivity index (χ3n) is 3.55. The van der Waals surface area contributed by atoms with Crippen molar-refractivity contribution < 1.29 is 23.9 Å². The summed E-state index contributed by atoms with van der Waals surface area (Å²) in [5.41, 5.74) is 1.47. The number of carbonyl (C=O) groups is 3. The number of ether oxygens (including phenoxy) is 2. The average molecular weight is 320 g/mol. The van der Waals surface area contributed by atoms with E-state index in [9.17, 15) is 14.4 Å². The SMILES string of the molecule is COc1ccc(C)cc1NC(=O)[C@@H](C)OC(=O)[C@@H]1CCC(=O)N1. The normalized spacial score (nSPS) is 18.0. The van der Waals surface area contributed by atoms with Crippen LogP contribution < -0.4 is 15.4 Å². The van der Waals surface area contributed by atoms with Crippen LogP contribution in [0.5, 0.6) is 5.75 Å². The summed E-state index contributed by atoms with van der Waals surface area (Å²) in [4.78, 5) is 35.2. The first-order chi connectivity index (χ1) is 10.9. The predicted octanol–water partition coefficient (Wildman–Crippen LogP) is 1.15. The maximum Gasteiger partial charge on any atom is 0.329 e. The molecule has 2 amide bonds. The molecule has 124 valence electrons. The Kier molecular flexibility index (Phi) is 5.20. The predicted molar refractivity (Wildman–Crippen MR) is 83.1 cm³/mol. The lowest BCUT2D eigenvalue weighted by molar-refractivity contribution is -0.155. The maximum atomic E-state index is 12.2. The van der Waals surface area contributed by atoms with Crippen LogP contribution in [0, 0.1) is 6.92 Å². The van der Waals surface area contributed by atoms with Gasteiger partial charge in [0.25, 0.3) is 5.91 Å². The molecule has 7 nitrogen and oxygen atoms in total. The minimum atomic E-state index is -0.981. The second-order valence-electron chi connectivity index (χ2n) is 5.43. The molecule has 2 N–H and O–H groups in total. The molecule has 0 radical (unpaired) electrons. The van der Waals surface area contributed by atoms with Crippen molar-refractivity contribution in [1.29, 1.82) is 0 Å². The zero-order valence-corrected chi connectivity index (χ0v) is 13.3. The first-order valence-electron chi connectivity index (χ1n) is 7.36. The number of benzene rings is 1. The third kappa shape index (κ3) is 4.21. The fraction of sp³-hybridized carbons (Fsp3) is 0.438. The van der Waals surface area contributed by atoms with E-state index in [0.29, 0.717) is 24.3 Å². The highest BCUT2D eigenvalue weighted by Gasteiger charge is 2.31. The lowest BCUT2D eigenvalue weighted by atomic mass is 10.2. The Hall–Kier alpha value is -2.57. The Labute approximate surface area is 134 Å². The van der Waals surface area contributed by atoms with E-state index in [1.165, 1.54) is 14.0 Å². The summed E-state index contributed by atoms with van der Waals surface area (Å²) >= 11 is 0. The summed E-state index contributed by atoms with van der Waals surface area (Å²) in [5.74, 6) is -0.736. The molecule has 0 unspecified atom stereocenters. The Morgan fingerprint density at radius 3 is 2.74 bits per heavy atom. The van der Waals surface area contributed by atoms with Crippen LogP contribution in [-0.4, -0.2) is 37.0 Å². The van der Waals surface area contributed by atoms with Crippen LogP contribution in [0.1, 0.15) is 25.3 Å². The van der Waals surface area contributed by atoms with Crippen LogP contribution in [0.2, 0.25) is 0 Å². The molecule has 0 saturated carbocycles. The van der Waals surface area contributed by atoms with Crippen molar-refractivity contribution in [3.05, 3.63) is 23.8 Å². The summed E-state index contributed by atoms with van der Waals surface area (Å²) in [6, 6.07) is 4.70. The van der Waals surface area contributed by atoms with Crippen molar-refractivity contribution >= 4 is 23.5 Å². The third-order valence-corrected chi connectivity index (χ3v) is 3.55. The lowest BCUT2D eigenvalue weighted by Gasteiger charge is -2.17. The van der Waals surface area contributed by atoms with Gasteiger partial charge in [0.2, 0.25) is 5.91 Å². The van der Waals surface area contributed by atoms with E-state index >= 15 is 0 Å². The van der Waals surface area contributed by atoms with Crippen molar-refractivity contribution in [3.8, 4) is 5.75 Å². The molecule has 1 fully saturated rings. The van der Waals surface area contributed by atoms with E-state index in [4.69, 9.17) is 9.47 Å². The first kappa shape index (κ1) is 16.8. The molecule has 1 aromatic carbocycles. The monoisotopic (exact) mass is 320 g/mol. The van der Waals surface area contributed by atoms with Gasteiger partial charge in [-0.05, 0) is 38.0 Å². The molecule has 1 heterocycles. The van der Waals surface area contributed by atoms with Gasteiger partial charge in [0, 0.05) is 6.42 Å². The molecule has 0 spiro atoms. The zero-order chi connectivity index (χ0) is 17.0. The largest absolute Gasteiger partial charge is 0.495 e. The molecule has 1 aliphatic heterocycles. The average Bonchev–Trinajstić information content (AvgIpc) is 2.94. The van der Waals surface area contributed by atoms with Crippen molar-refractivity contribution in [2.45, 2.75) is 38.8 Å². The Morgan fingerprint density at radius 1 is 1.39 bits per heavy atom. The molecule has 1 aromatic rings. The fourth-order valence-corrected chi connectivity index (χ4v) is 2.25. The molecular weight excluding hydrogens is 300 g/mol. The van der Waals surface area contributed by atoms with Gasteiger partial charge in [-0.1, -0.05) is 6.07 Å². The number of nitrogens with one attached hydrogen (secondary N) is 2. The summed E-state index contributed by atoms with van der Waals surface area (Å²) in [5, 5.41) is 5.19. The highest BCUT2D eigenvalue weighted by Crippen LogP contribution is 2.25. The van der Waals surface area contributed by atoms with E-state index in [1.54, 1.807) is 12.1 Å². The zero-order valence-electron chi connectivity index (χ0n) is 13.3. The number of aryl methyl sites for hydroxylation is 1. The van der Waals surface area contributed by atoms with Crippen LogP contribution in [0.25, 0.3) is 0 Å². The van der Waals surface area contributed by atoms with E-state index in [0.717, 1.165) is 5.56 Å². The van der Waals surface area contributed by atoms with Gasteiger partial charge in [0.15, 0.2) is 6.10 Å². The molecule has 7 heteroatoms. The molecule has 23 heavy (non-hydrogen) atoms. The van der Waals surface area contributed by atoms with Crippen LogP contribution in [0.15, 0.2) is 18.2 Å². The van der Waals surface area contributed by atoms with Crippen molar-refractivity contribution in [1.82, 2.24) is 5.32 Å². The van der Waals surface area contributed by atoms with Crippen LogP contribution >= 0.6 is 0 Å². The maximum absolute atomic E-state index is 12.2. The number of anilines is 1. The minimum absolute atomic E-state index is 0.187. The van der Waals surface area contributed by atoms with Gasteiger partial charge in [-0.25, -0.2) is 4.79 Å². The van der Waals surface area contributed by atoms with Crippen LogP contribution in [-0.2, 0) is 19.1 Å². The smallest absolute Gasteiger partial charge is 0.329 e. The summed E-state index contributed by atoms with van der Waals surface area (Å²) in [7, 11) is 1.51. The highest BCUT2D eigenvalue weighted by molar-refractivity contribution is 5.97. The van der Waals surface area contributed by atoms with E-state index in [1.807, 2.05) is 13.0 Å². The van der Waals surface area contributed by atoms with E-state index < -0.39 is 24.0 Å². The van der Waals surface area contributed by atoms with E-state index in [2.05, 4.69) is 10.6 Å². The molecule has 2 rings (SSSR count). The Balaban J connectivity index is 1.96. The van der Waals surface area contributed by atoms with Gasteiger partial charge in [-0.3, -0.25) is 9.59 Å². The molecular formula is C16H20N2O5. The Morgan fingerprint density at radius 2 is 2.13 bits per heavy atom. The van der Waals surface area contributed by atoms with Gasteiger partial charge in [0.1, 0.15) is 11.8 Å². The Bertz CT molecular complexity index is 629. The van der Waals surface area contributed by atoms with Gasteiger partial charge in [-0.2, -0.15) is 0 Å². The summed E-state index contributed by atoms with van der Waals surface area (Å²) in [6.07, 6.45) is -0.302. The molecule has 2 atom stereocenters. The minimum Gasteiger partial charge on any atom is -0.495 e. The second-order valence-corrected chi connectivity index (χ2v) is 5.43. The van der Waals surface area contributed by atoms with Crippen molar-refractivity contribution in [2.24, 2.45) is 0 Å². The molecule has 1 aliphatic rings. The van der Waals surface area contributed by atoms with Crippen molar-refractivity contribution in [2.75, 3.05) is 12.4 Å². The van der Waals surface area contributed by atoms with Gasteiger partial charge in [-0.15, -0.1) is 0 Å². The number of rotatable bonds is 5. The molecule has 0 aromatic heterocycles. The fourth-order valence-electron chi connectivity index (χ4n) is 2.25. The number of hydrogen-bond donors (Lipinski definition) is 2. The van der Waals surface area contributed by atoms with Crippen LogP contribution in [0.4, 0.5) is 5.69 Å². The van der Waals surface area contributed by atoms with Gasteiger partial charge in [0.05, 0.1) is 12.8 Å². The number of amides is 2. The molecule has 0 aliphatic carbocycles. The number of hydrogen-bond acceptors (Lipinski definition) is 5. The number of methoxy groups -OCH3 is 1. The quantitative estimate of drug-likeness (QED) is 0.794. The first-order valence-corrected chi connectivity index (χ1v) is 7.36. The number of carbonyl (C=O) groups excluding carboxylic acids is 3. The topological polar surface area (TPSA) is 93.7 Å². The lowest BCUT2D eigenvalue weighted by Crippen LogP contribution is -2.39. The van der Waals surface area contributed by atoms with Crippen molar-refractivity contribution in [3.63, 3.8) is 0 Å². The highest BCUT2D eigenvalue weighted by atomic mass is 16.5. The summed E-state index contributed by atoms with van der Waals surface area (Å²) in [6.45, 7) is 3.37. The molecule has 1 saturated heterocycles. The van der Waals surface area contributed by atoms with Gasteiger partial charge >= 0.3 is 5.97 Å². The summed E-state index contributed by atoms with van der Waals surface area (Å²) < 4.78 is 10.3. The van der Waals surface area contributed by atoms with Crippen LogP contribution in [0.3, 0.4) is 0 Å². The van der Waals surface area contributed by atoms with Gasteiger partial charge < -0.3 is 20.1 Å².